The van der Waals surface area contributed by atoms with Gasteiger partial charge in [0.1, 0.15) is 6.54 Å². The molecule has 2 aliphatic rings. The smallest absolute Gasteiger partial charge is 0.393 e. The zero-order valence-electron chi connectivity index (χ0n) is 12.3. The second kappa shape index (κ2) is 6.01. The van der Waals surface area contributed by atoms with Gasteiger partial charge in [-0.2, -0.15) is 4.68 Å². The van der Waals surface area contributed by atoms with Gasteiger partial charge in [-0.1, -0.05) is 0 Å². The molecule has 1 aliphatic carbocycles. The Morgan fingerprint density at radius 3 is 2.90 bits per heavy atom. The molecule has 1 atom stereocenters. The van der Waals surface area contributed by atoms with E-state index in [1.807, 2.05) is 0 Å². The van der Waals surface area contributed by atoms with Gasteiger partial charge in [0, 0.05) is 26.6 Å². The average Bonchev–Trinajstić information content (AvgIpc) is 3.23. The van der Waals surface area contributed by atoms with Crippen molar-refractivity contribution in [2.45, 2.75) is 45.3 Å². The van der Waals surface area contributed by atoms with Gasteiger partial charge in [0.15, 0.2) is 0 Å². The summed E-state index contributed by atoms with van der Waals surface area (Å²) < 4.78 is 11.7. The predicted molar refractivity (Wildman–Crippen MR) is 73.8 cm³/mol. The van der Waals surface area contributed by atoms with Crippen LogP contribution in [0.25, 0.3) is 0 Å². The minimum atomic E-state index is -0.584. The van der Waals surface area contributed by atoms with Crippen molar-refractivity contribution in [3.63, 3.8) is 0 Å². The molecule has 0 radical (unpaired) electrons. The number of piperidine rings is 1. The first kappa shape index (κ1) is 14.3. The van der Waals surface area contributed by atoms with Crippen LogP contribution in [-0.4, -0.2) is 46.4 Å². The number of likely N-dealkylation sites (tertiary alicyclic amines) is 1. The first-order valence-electron chi connectivity index (χ1n) is 7.56. The van der Waals surface area contributed by atoms with Crippen LogP contribution < -0.4 is 5.76 Å². The first-order valence-corrected chi connectivity index (χ1v) is 7.56. The van der Waals surface area contributed by atoms with Crippen molar-refractivity contribution in [2.24, 2.45) is 5.92 Å². The topological polar surface area (TPSA) is 77.6 Å². The third-order valence-electron chi connectivity index (χ3n) is 3.99. The van der Waals surface area contributed by atoms with Crippen LogP contribution in [0.4, 0.5) is 0 Å². The Hall–Kier alpha value is -1.63. The number of carbonyl (C=O) groups is 1. The van der Waals surface area contributed by atoms with Crippen molar-refractivity contribution >= 4 is 5.91 Å². The molecule has 7 nitrogen and oxygen atoms in total. The monoisotopic (exact) mass is 295 g/mol. The van der Waals surface area contributed by atoms with E-state index in [0.29, 0.717) is 13.1 Å². The van der Waals surface area contributed by atoms with Crippen molar-refractivity contribution in [3.05, 3.63) is 16.4 Å². The molecule has 1 aromatic rings. The number of rotatable bonds is 5. The summed E-state index contributed by atoms with van der Waals surface area (Å²) in [6, 6.07) is 0. The van der Waals surface area contributed by atoms with E-state index in [0.717, 1.165) is 30.0 Å². The maximum absolute atomic E-state index is 12.3. The molecule has 2 fully saturated rings. The quantitative estimate of drug-likeness (QED) is 0.793. The lowest BCUT2D eigenvalue weighted by Gasteiger charge is -2.32. The third kappa shape index (κ3) is 3.72. The Kier molecular flexibility index (Phi) is 4.10. The Labute approximate surface area is 122 Å². The average molecular weight is 295 g/mol. The SMILES string of the molecule is Cc1nn(CC(=O)N2CCCC(OCC3CC3)C2)c(=O)o1. The number of hydrogen-bond acceptors (Lipinski definition) is 5. The largest absolute Gasteiger partial charge is 0.437 e. The van der Waals surface area contributed by atoms with Gasteiger partial charge in [-0.05, 0) is 31.6 Å². The van der Waals surface area contributed by atoms with Crippen molar-refractivity contribution < 1.29 is 13.9 Å². The number of nitrogens with zero attached hydrogens (tertiary/aromatic N) is 3. The molecule has 1 saturated carbocycles. The molecule has 1 aromatic heterocycles. The number of amides is 1. The Balaban J connectivity index is 1.53. The molecule has 1 unspecified atom stereocenters. The lowest BCUT2D eigenvalue weighted by molar-refractivity contribution is -0.136. The fraction of sp³-hybridized carbons (Fsp3) is 0.786. The number of hydrogen-bond donors (Lipinski definition) is 0. The minimum absolute atomic E-state index is 0.0640. The standard InChI is InChI=1S/C14H21N3O4/c1-10-15-17(14(19)21-10)8-13(18)16-6-2-3-12(7-16)20-9-11-4-5-11/h11-12H,2-9H2,1H3. The van der Waals surface area contributed by atoms with Crippen LogP contribution in [0.5, 0.6) is 0 Å². The van der Waals surface area contributed by atoms with Gasteiger partial charge in [-0.25, -0.2) is 4.79 Å². The number of aromatic nitrogens is 2. The molecule has 21 heavy (non-hydrogen) atoms. The zero-order valence-corrected chi connectivity index (χ0v) is 12.3. The van der Waals surface area contributed by atoms with E-state index in [2.05, 4.69) is 5.10 Å². The van der Waals surface area contributed by atoms with E-state index in [1.54, 1.807) is 11.8 Å². The summed E-state index contributed by atoms with van der Waals surface area (Å²) in [4.78, 5) is 25.5. The van der Waals surface area contributed by atoms with Gasteiger partial charge in [0.05, 0.1) is 6.10 Å². The lowest BCUT2D eigenvalue weighted by Crippen LogP contribution is -2.45. The molecule has 3 rings (SSSR count). The summed E-state index contributed by atoms with van der Waals surface area (Å²) >= 11 is 0. The molecule has 1 saturated heterocycles. The molecular formula is C14H21N3O4. The van der Waals surface area contributed by atoms with Gasteiger partial charge >= 0.3 is 5.76 Å². The predicted octanol–water partition coefficient (Wildman–Crippen LogP) is 0.562. The van der Waals surface area contributed by atoms with Crippen LogP contribution in [0.1, 0.15) is 31.6 Å². The maximum atomic E-state index is 12.3. The molecule has 1 aliphatic heterocycles. The van der Waals surface area contributed by atoms with Crippen LogP contribution in [0.2, 0.25) is 0 Å². The van der Waals surface area contributed by atoms with Crippen molar-refractivity contribution in [2.75, 3.05) is 19.7 Å². The Morgan fingerprint density at radius 1 is 1.43 bits per heavy atom. The van der Waals surface area contributed by atoms with Crippen LogP contribution in [0.3, 0.4) is 0 Å². The maximum Gasteiger partial charge on any atom is 0.437 e. The van der Waals surface area contributed by atoms with Crippen LogP contribution in [0.15, 0.2) is 9.21 Å². The summed E-state index contributed by atoms with van der Waals surface area (Å²) in [7, 11) is 0. The van der Waals surface area contributed by atoms with E-state index in [4.69, 9.17) is 9.15 Å². The van der Waals surface area contributed by atoms with Gasteiger partial charge in [0.25, 0.3) is 0 Å². The van der Waals surface area contributed by atoms with Crippen LogP contribution in [0, 0.1) is 12.8 Å². The fourth-order valence-corrected chi connectivity index (χ4v) is 2.60. The molecule has 0 N–H and O–H groups in total. The second-order valence-corrected chi connectivity index (χ2v) is 5.93. The number of carbonyl (C=O) groups excluding carboxylic acids is 1. The Bertz CT molecular complexity index is 561. The summed E-state index contributed by atoms with van der Waals surface area (Å²) in [5, 5.41) is 3.89. The normalized spacial score (nSPS) is 22.5. The molecule has 0 aromatic carbocycles. The number of aryl methyl sites for hydroxylation is 1. The van der Waals surface area contributed by atoms with Gasteiger partial charge < -0.3 is 14.1 Å². The van der Waals surface area contributed by atoms with Gasteiger partial charge in [0.2, 0.25) is 11.8 Å². The van der Waals surface area contributed by atoms with Gasteiger partial charge in [-0.3, -0.25) is 4.79 Å². The fourth-order valence-electron chi connectivity index (χ4n) is 2.60. The summed E-state index contributed by atoms with van der Waals surface area (Å²) in [5.74, 6) is 0.314. The van der Waals surface area contributed by atoms with Crippen molar-refractivity contribution in [1.29, 1.82) is 0 Å². The highest BCUT2D eigenvalue weighted by Gasteiger charge is 2.28. The first-order chi connectivity index (χ1) is 10.1. The van der Waals surface area contributed by atoms with Crippen LogP contribution in [-0.2, 0) is 16.1 Å². The minimum Gasteiger partial charge on any atom is -0.393 e. The zero-order chi connectivity index (χ0) is 14.8. The molecule has 116 valence electrons. The molecule has 0 bridgehead atoms. The molecular weight excluding hydrogens is 274 g/mol. The van der Waals surface area contributed by atoms with E-state index >= 15 is 0 Å². The highest BCUT2D eigenvalue weighted by Crippen LogP contribution is 2.29. The molecule has 7 heteroatoms. The highest BCUT2D eigenvalue weighted by molar-refractivity contribution is 5.76. The summed E-state index contributed by atoms with van der Waals surface area (Å²) in [6.07, 6.45) is 4.60. The second-order valence-electron chi connectivity index (χ2n) is 5.93. The van der Waals surface area contributed by atoms with E-state index < -0.39 is 5.76 Å². The molecule has 1 amide bonds. The lowest BCUT2D eigenvalue weighted by atomic mass is 10.1. The van der Waals surface area contributed by atoms with E-state index in [1.165, 1.54) is 12.8 Å². The van der Waals surface area contributed by atoms with Gasteiger partial charge in [-0.15, -0.1) is 5.10 Å². The number of ether oxygens (including phenoxy) is 1. The van der Waals surface area contributed by atoms with Crippen molar-refractivity contribution in [3.8, 4) is 0 Å². The Morgan fingerprint density at radius 2 is 2.24 bits per heavy atom. The van der Waals surface area contributed by atoms with Crippen molar-refractivity contribution in [1.82, 2.24) is 14.7 Å². The van der Waals surface area contributed by atoms with E-state index in [9.17, 15) is 9.59 Å². The van der Waals surface area contributed by atoms with E-state index in [-0.39, 0.29) is 24.4 Å². The third-order valence-corrected chi connectivity index (χ3v) is 3.99. The summed E-state index contributed by atoms with van der Waals surface area (Å²) in [6.45, 7) is 3.66. The molecule has 0 spiro atoms. The summed E-state index contributed by atoms with van der Waals surface area (Å²) in [5.41, 5.74) is 0. The molecule has 2 heterocycles. The highest BCUT2D eigenvalue weighted by atomic mass is 16.5. The van der Waals surface area contributed by atoms with Crippen LogP contribution >= 0.6 is 0 Å².